The van der Waals surface area contributed by atoms with E-state index < -0.39 is 0 Å². The SMILES string of the molecule is C=C/C(C)=C(\C=C)NC/C(=C/C)N(/C=C\C)CC. The van der Waals surface area contributed by atoms with Crippen LogP contribution < -0.4 is 5.32 Å². The van der Waals surface area contributed by atoms with Crippen molar-refractivity contribution in [3.8, 4) is 0 Å². The fourth-order valence-electron chi connectivity index (χ4n) is 1.62. The van der Waals surface area contributed by atoms with E-state index in [1.807, 2.05) is 32.1 Å². The van der Waals surface area contributed by atoms with Crippen LogP contribution in [0.25, 0.3) is 0 Å². The van der Waals surface area contributed by atoms with Crippen molar-refractivity contribution in [1.82, 2.24) is 10.2 Å². The highest BCUT2D eigenvalue weighted by atomic mass is 15.1. The van der Waals surface area contributed by atoms with Crippen LogP contribution in [-0.4, -0.2) is 18.0 Å². The fourth-order valence-corrected chi connectivity index (χ4v) is 1.62. The zero-order valence-corrected chi connectivity index (χ0v) is 12.2. The van der Waals surface area contributed by atoms with Crippen LogP contribution in [0.4, 0.5) is 0 Å². The molecule has 0 unspecified atom stereocenters. The molecule has 0 fully saturated rings. The van der Waals surface area contributed by atoms with Crippen molar-refractivity contribution >= 4 is 0 Å². The minimum absolute atomic E-state index is 0.779. The highest BCUT2D eigenvalue weighted by Crippen LogP contribution is 2.07. The zero-order valence-electron chi connectivity index (χ0n) is 12.2. The highest BCUT2D eigenvalue weighted by Gasteiger charge is 2.04. The van der Waals surface area contributed by atoms with Gasteiger partial charge < -0.3 is 10.2 Å². The van der Waals surface area contributed by atoms with Gasteiger partial charge in [0.15, 0.2) is 0 Å². The lowest BCUT2D eigenvalue weighted by Gasteiger charge is -2.23. The molecule has 0 bridgehead atoms. The second-order valence-electron chi connectivity index (χ2n) is 3.91. The molecule has 0 spiro atoms. The Labute approximate surface area is 112 Å². The molecule has 0 aromatic rings. The number of allylic oxidation sites excluding steroid dienone is 5. The predicted molar refractivity (Wildman–Crippen MR) is 82.0 cm³/mol. The Morgan fingerprint density at radius 2 is 1.89 bits per heavy atom. The van der Waals surface area contributed by atoms with Crippen molar-refractivity contribution in [2.75, 3.05) is 13.1 Å². The lowest BCUT2D eigenvalue weighted by atomic mass is 10.2. The maximum absolute atomic E-state index is 3.82. The third-order valence-corrected chi connectivity index (χ3v) is 2.77. The third kappa shape index (κ3) is 5.09. The van der Waals surface area contributed by atoms with Gasteiger partial charge in [-0.2, -0.15) is 0 Å². The smallest absolute Gasteiger partial charge is 0.0549 e. The van der Waals surface area contributed by atoms with Crippen LogP contribution in [-0.2, 0) is 0 Å². The molecule has 0 aromatic carbocycles. The molecule has 0 aliphatic rings. The van der Waals surface area contributed by atoms with Gasteiger partial charge in [0, 0.05) is 17.9 Å². The van der Waals surface area contributed by atoms with Gasteiger partial charge in [-0.15, -0.1) is 0 Å². The molecule has 2 heteroatoms. The molecular weight excluding hydrogens is 220 g/mol. The summed E-state index contributed by atoms with van der Waals surface area (Å²) in [6.45, 7) is 17.6. The number of hydrogen-bond acceptors (Lipinski definition) is 2. The normalized spacial score (nSPS) is 13.2. The van der Waals surface area contributed by atoms with Crippen molar-refractivity contribution in [1.29, 1.82) is 0 Å². The minimum atomic E-state index is 0.779. The number of nitrogens with one attached hydrogen (secondary N) is 1. The largest absolute Gasteiger partial charge is 0.379 e. The summed E-state index contributed by atoms with van der Waals surface area (Å²) in [6.07, 6.45) is 9.93. The van der Waals surface area contributed by atoms with Crippen molar-refractivity contribution in [2.45, 2.75) is 27.7 Å². The molecule has 0 atom stereocenters. The molecule has 0 aliphatic carbocycles. The van der Waals surface area contributed by atoms with Crippen molar-refractivity contribution in [2.24, 2.45) is 0 Å². The van der Waals surface area contributed by atoms with Crippen molar-refractivity contribution in [3.63, 3.8) is 0 Å². The van der Waals surface area contributed by atoms with Crippen LogP contribution in [0.2, 0.25) is 0 Å². The molecule has 0 saturated carbocycles. The maximum atomic E-state index is 3.82. The standard InChI is InChI=1S/C16H26N2/c1-7-12-18(11-5)15(9-3)13-17-16(10-4)14(6)8-2/h7-10,12,17H,2,4,11,13H2,1,3,5-6H3/b12-7-,15-9-,16-14+. The summed E-state index contributed by atoms with van der Waals surface area (Å²) in [6, 6.07) is 0. The Balaban J connectivity index is 4.77. The van der Waals surface area contributed by atoms with E-state index >= 15 is 0 Å². The lowest BCUT2D eigenvalue weighted by molar-refractivity contribution is 0.472. The molecule has 0 radical (unpaired) electrons. The first-order chi connectivity index (χ1) is 8.64. The summed E-state index contributed by atoms with van der Waals surface area (Å²) < 4.78 is 0. The number of nitrogens with zero attached hydrogens (tertiary/aromatic N) is 1. The van der Waals surface area contributed by atoms with E-state index in [1.54, 1.807) is 0 Å². The van der Waals surface area contributed by atoms with E-state index in [4.69, 9.17) is 0 Å². The molecule has 18 heavy (non-hydrogen) atoms. The highest BCUT2D eigenvalue weighted by molar-refractivity contribution is 5.29. The molecular formula is C16H26N2. The zero-order chi connectivity index (χ0) is 14.0. The van der Waals surface area contributed by atoms with Crippen molar-refractivity contribution in [3.05, 3.63) is 60.6 Å². The Morgan fingerprint density at radius 3 is 2.28 bits per heavy atom. The van der Waals surface area contributed by atoms with Crippen LogP contribution in [0.15, 0.2) is 60.6 Å². The summed E-state index contributed by atoms with van der Waals surface area (Å²) >= 11 is 0. The van der Waals surface area contributed by atoms with Gasteiger partial charge in [0.25, 0.3) is 0 Å². The minimum Gasteiger partial charge on any atom is -0.379 e. The average molecular weight is 246 g/mol. The van der Waals surface area contributed by atoms with Crippen LogP contribution in [0.3, 0.4) is 0 Å². The lowest BCUT2D eigenvalue weighted by Crippen LogP contribution is -2.26. The average Bonchev–Trinajstić information content (AvgIpc) is 2.41. The van der Waals surface area contributed by atoms with Crippen LogP contribution in [0.5, 0.6) is 0 Å². The first kappa shape index (κ1) is 16.3. The topological polar surface area (TPSA) is 15.3 Å². The molecule has 0 aromatic heterocycles. The maximum Gasteiger partial charge on any atom is 0.0549 e. The van der Waals surface area contributed by atoms with E-state index in [0.29, 0.717) is 0 Å². The summed E-state index contributed by atoms with van der Waals surface area (Å²) in [4.78, 5) is 2.22. The van der Waals surface area contributed by atoms with Gasteiger partial charge in [-0.05, 0) is 45.5 Å². The molecule has 0 heterocycles. The second-order valence-corrected chi connectivity index (χ2v) is 3.91. The monoisotopic (exact) mass is 246 g/mol. The van der Waals surface area contributed by atoms with Gasteiger partial charge in [0.2, 0.25) is 0 Å². The van der Waals surface area contributed by atoms with Gasteiger partial charge in [-0.25, -0.2) is 0 Å². The number of likely N-dealkylation sites (N-methyl/N-ethyl adjacent to an activating group) is 1. The Hall–Kier alpha value is -1.70. The molecule has 0 rings (SSSR count). The Morgan fingerprint density at radius 1 is 1.22 bits per heavy atom. The molecule has 1 N–H and O–H groups in total. The van der Waals surface area contributed by atoms with Gasteiger partial charge in [-0.3, -0.25) is 0 Å². The number of rotatable bonds is 8. The molecule has 100 valence electrons. The summed E-state index contributed by atoms with van der Waals surface area (Å²) in [5.74, 6) is 0. The van der Waals surface area contributed by atoms with Gasteiger partial charge in [0.1, 0.15) is 0 Å². The van der Waals surface area contributed by atoms with E-state index in [1.165, 1.54) is 5.70 Å². The Bertz CT molecular complexity index is 359. The third-order valence-electron chi connectivity index (χ3n) is 2.77. The van der Waals surface area contributed by atoms with Crippen LogP contribution in [0, 0.1) is 0 Å². The van der Waals surface area contributed by atoms with Crippen molar-refractivity contribution < 1.29 is 0 Å². The van der Waals surface area contributed by atoms with E-state index in [9.17, 15) is 0 Å². The van der Waals surface area contributed by atoms with E-state index in [2.05, 4.69) is 49.5 Å². The van der Waals surface area contributed by atoms with Crippen LogP contribution >= 0.6 is 0 Å². The molecule has 0 aliphatic heterocycles. The molecule has 0 saturated heterocycles. The molecule has 2 nitrogen and oxygen atoms in total. The summed E-state index contributed by atoms with van der Waals surface area (Å²) in [7, 11) is 0. The van der Waals surface area contributed by atoms with E-state index in [0.717, 1.165) is 24.4 Å². The van der Waals surface area contributed by atoms with E-state index in [-0.39, 0.29) is 0 Å². The quantitative estimate of drug-likeness (QED) is 0.652. The van der Waals surface area contributed by atoms with Crippen LogP contribution in [0.1, 0.15) is 27.7 Å². The van der Waals surface area contributed by atoms with Gasteiger partial charge >= 0.3 is 0 Å². The summed E-state index contributed by atoms with van der Waals surface area (Å²) in [5, 5.41) is 3.39. The van der Waals surface area contributed by atoms with Gasteiger partial charge in [0.05, 0.1) is 6.54 Å². The Kier molecular flexibility index (Phi) is 8.46. The number of hydrogen-bond donors (Lipinski definition) is 1. The predicted octanol–water partition coefficient (Wildman–Crippen LogP) is 3.98. The van der Waals surface area contributed by atoms with Gasteiger partial charge in [-0.1, -0.05) is 31.4 Å². The summed E-state index contributed by atoms with van der Waals surface area (Å²) in [5.41, 5.74) is 3.38. The fraction of sp³-hybridized carbons (Fsp3) is 0.375. The first-order valence-corrected chi connectivity index (χ1v) is 6.38. The second kappa shape index (κ2) is 9.34. The molecule has 0 amide bonds. The first-order valence-electron chi connectivity index (χ1n) is 6.38.